The van der Waals surface area contributed by atoms with Gasteiger partial charge in [0.25, 0.3) is 0 Å². The molecule has 0 aliphatic carbocycles. The van der Waals surface area contributed by atoms with Crippen molar-refractivity contribution >= 4 is 0 Å². The minimum Gasteiger partial charge on any atom is -0.380 e. The van der Waals surface area contributed by atoms with Gasteiger partial charge in [0.1, 0.15) is 0 Å². The van der Waals surface area contributed by atoms with E-state index in [4.69, 9.17) is 9.47 Å². The lowest BCUT2D eigenvalue weighted by molar-refractivity contribution is -0.0152. The zero-order valence-electron chi connectivity index (χ0n) is 9.21. The van der Waals surface area contributed by atoms with E-state index in [0.29, 0.717) is 12.1 Å². The summed E-state index contributed by atoms with van der Waals surface area (Å²) in [6, 6.07) is 0.558. The second-order valence-electron chi connectivity index (χ2n) is 5.01. The fraction of sp³-hybridized carbons (Fsp3) is 1.00. The van der Waals surface area contributed by atoms with Crippen molar-refractivity contribution in [2.24, 2.45) is 0 Å². The summed E-state index contributed by atoms with van der Waals surface area (Å²) in [5.41, 5.74) is 0.0958. The SMILES string of the molecule is CC1(C)CCC(CNC2CCOC2)O1. The molecular formula is C11H21NO2. The van der Waals surface area contributed by atoms with Crippen LogP contribution >= 0.6 is 0 Å². The van der Waals surface area contributed by atoms with Crippen molar-refractivity contribution in [2.75, 3.05) is 19.8 Å². The molecule has 3 heteroatoms. The Morgan fingerprint density at radius 3 is 2.79 bits per heavy atom. The first-order valence-electron chi connectivity index (χ1n) is 5.65. The highest BCUT2D eigenvalue weighted by molar-refractivity contribution is 4.83. The molecular weight excluding hydrogens is 178 g/mol. The monoisotopic (exact) mass is 199 g/mol. The van der Waals surface area contributed by atoms with E-state index in [1.807, 2.05) is 0 Å². The van der Waals surface area contributed by atoms with Crippen LogP contribution in [0, 0.1) is 0 Å². The largest absolute Gasteiger partial charge is 0.380 e. The van der Waals surface area contributed by atoms with Gasteiger partial charge in [-0.25, -0.2) is 0 Å². The smallest absolute Gasteiger partial charge is 0.0707 e. The number of rotatable bonds is 3. The summed E-state index contributed by atoms with van der Waals surface area (Å²) in [6.07, 6.45) is 3.93. The van der Waals surface area contributed by atoms with Gasteiger partial charge in [0.05, 0.1) is 18.3 Å². The predicted octanol–water partition coefficient (Wildman–Crippen LogP) is 1.32. The molecule has 2 unspecified atom stereocenters. The summed E-state index contributed by atoms with van der Waals surface area (Å²) in [4.78, 5) is 0. The van der Waals surface area contributed by atoms with E-state index in [1.54, 1.807) is 0 Å². The van der Waals surface area contributed by atoms with Crippen molar-refractivity contribution in [3.63, 3.8) is 0 Å². The van der Waals surface area contributed by atoms with Gasteiger partial charge in [-0.15, -0.1) is 0 Å². The Balaban J connectivity index is 1.66. The van der Waals surface area contributed by atoms with Crippen LogP contribution in [0.2, 0.25) is 0 Å². The Morgan fingerprint density at radius 1 is 1.36 bits per heavy atom. The van der Waals surface area contributed by atoms with Crippen LogP contribution in [0.3, 0.4) is 0 Å². The molecule has 0 aromatic rings. The highest BCUT2D eigenvalue weighted by atomic mass is 16.5. The summed E-state index contributed by atoms with van der Waals surface area (Å²) in [5, 5.41) is 3.51. The van der Waals surface area contributed by atoms with Gasteiger partial charge >= 0.3 is 0 Å². The minimum absolute atomic E-state index is 0.0958. The van der Waals surface area contributed by atoms with Gasteiger partial charge < -0.3 is 14.8 Å². The molecule has 2 saturated heterocycles. The van der Waals surface area contributed by atoms with Crippen molar-refractivity contribution < 1.29 is 9.47 Å². The summed E-state index contributed by atoms with van der Waals surface area (Å²) < 4.78 is 11.2. The quantitative estimate of drug-likeness (QED) is 0.743. The lowest BCUT2D eigenvalue weighted by atomic mass is 10.1. The molecule has 0 amide bonds. The molecule has 0 saturated carbocycles. The van der Waals surface area contributed by atoms with Crippen molar-refractivity contribution in [1.29, 1.82) is 0 Å². The van der Waals surface area contributed by atoms with Crippen LogP contribution in [0.25, 0.3) is 0 Å². The predicted molar refractivity (Wildman–Crippen MR) is 55.4 cm³/mol. The standard InChI is InChI=1S/C11H21NO2/c1-11(2)5-3-10(14-11)7-12-9-4-6-13-8-9/h9-10,12H,3-8H2,1-2H3. The molecule has 14 heavy (non-hydrogen) atoms. The Morgan fingerprint density at radius 2 is 2.21 bits per heavy atom. The fourth-order valence-electron chi connectivity index (χ4n) is 2.21. The molecule has 0 aromatic carbocycles. The lowest BCUT2D eigenvalue weighted by Gasteiger charge is -2.20. The van der Waals surface area contributed by atoms with E-state index in [2.05, 4.69) is 19.2 Å². The van der Waals surface area contributed by atoms with Crippen LogP contribution in [0.1, 0.15) is 33.1 Å². The average Bonchev–Trinajstić information content (AvgIpc) is 2.70. The van der Waals surface area contributed by atoms with Gasteiger partial charge in [-0.2, -0.15) is 0 Å². The maximum absolute atomic E-state index is 5.91. The number of ether oxygens (including phenoxy) is 2. The van der Waals surface area contributed by atoms with Gasteiger partial charge in [0.2, 0.25) is 0 Å². The maximum Gasteiger partial charge on any atom is 0.0707 e. The van der Waals surface area contributed by atoms with Crippen molar-refractivity contribution in [1.82, 2.24) is 5.32 Å². The van der Waals surface area contributed by atoms with E-state index >= 15 is 0 Å². The first kappa shape index (κ1) is 10.4. The van der Waals surface area contributed by atoms with Crippen molar-refractivity contribution in [2.45, 2.75) is 50.9 Å². The van der Waals surface area contributed by atoms with Crippen molar-refractivity contribution in [3.8, 4) is 0 Å². The molecule has 2 aliphatic heterocycles. The first-order chi connectivity index (χ1) is 6.66. The summed E-state index contributed by atoms with van der Waals surface area (Å²) in [6.45, 7) is 7.11. The molecule has 0 bridgehead atoms. The van der Waals surface area contributed by atoms with E-state index < -0.39 is 0 Å². The van der Waals surface area contributed by atoms with Crippen molar-refractivity contribution in [3.05, 3.63) is 0 Å². The maximum atomic E-state index is 5.91. The molecule has 2 heterocycles. The fourth-order valence-corrected chi connectivity index (χ4v) is 2.21. The van der Waals surface area contributed by atoms with Gasteiger partial charge in [-0.05, 0) is 33.1 Å². The molecule has 0 aromatic heterocycles. The molecule has 3 nitrogen and oxygen atoms in total. The third-order valence-electron chi connectivity index (χ3n) is 3.12. The molecule has 0 spiro atoms. The van der Waals surface area contributed by atoms with Gasteiger partial charge in [-0.1, -0.05) is 0 Å². The lowest BCUT2D eigenvalue weighted by Crippen LogP contribution is -2.36. The number of hydrogen-bond acceptors (Lipinski definition) is 3. The van der Waals surface area contributed by atoms with Crippen LogP contribution in [-0.2, 0) is 9.47 Å². The number of nitrogens with one attached hydrogen (secondary N) is 1. The van der Waals surface area contributed by atoms with E-state index in [-0.39, 0.29) is 5.60 Å². The third-order valence-corrected chi connectivity index (χ3v) is 3.12. The molecule has 2 atom stereocenters. The molecule has 2 fully saturated rings. The molecule has 2 aliphatic rings. The second-order valence-corrected chi connectivity index (χ2v) is 5.01. The van der Waals surface area contributed by atoms with E-state index in [9.17, 15) is 0 Å². The van der Waals surface area contributed by atoms with Gasteiger partial charge in [0.15, 0.2) is 0 Å². The Labute approximate surface area is 86.2 Å². The topological polar surface area (TPSA) is 30.5 Å². The Bertz CT molecular complexity index is 188. The number of hydrogen-bond donors (Lipinski definition) is 1. The summed E-state index contributed by atoms with van der Waals surface area (Å²) in [7, 11) is 0. The Hall–Kier alpha value is -0.120. The molecule has 1 N–H and O–H groups in total. The van der Waals surface area contributed by atoms with Crippen LogP contribution in [-0.4, -0.2) is 37.5 Å². The van der Waals surface area contributed by atoms with Crippen LogP contribution < -0.4 is 5.32 Å². The first-order valence-corrected chi connectivity index (χ1v) is 5.65. The summed E-state index contributed by atoms with van der Waals surface area (Å²) >= 11 is 0. The van der Waals surface area contributed by atoms with Crippen LogP contribution in [0.4, 0.5) is 0 Å². The highest BCUT2D eigenvalue weighted by Gasteiger charge is 2.31. The zero-order valence-corrected chi connectivity index (χ0v) is 9.21. The highest BCUT2D eigenvalue weighted by Crippen LogP contribution is 2.28. The van der Waals surface area contributed by atoms with Gasteiger partial charge in [0, 0.05) is 19.2 Å². The second kappa shape index (κ2) is 4.17. The minimum atomic E-state index is 0.0958. The molecule has 0 radical (unpaired) electrons. The Kier molecular flexibility index (Phi) is 3.10. The van der Waals surface area contributed by atoms with Crippen LogP contribution in [0.15, 0.2) is 0 Å². The molecule has 2 rings (SSSR count). The third kappa shape index (κ3) is 2.69. The van der Waals surface area contributed by atoms with Crippen LogP contribution in [0.5, 0.6) is 0 Å². The van der Waals surface area contributed by atoms with Gasteiger partial charge in [-0.3, -0.25) is 0 Å². The zero-order chi connectivity index (χ0) is 10.0. The van der Waals surface area contributed by atoms with E-state index in [1.165, 1.54) is 12.8 Å². The van der Waals surface area contributed by atoms with E-state index in [0.717, 1.165) is 26.2 Å². The molecule has 82 valence electrons. The summed E-state index contributed by atoms with van der Waals surface area (Å²) in [5.74, 6) is 0. The average molecular weight is 199 g/mol. The normalized spacial score (nSPS) is 36.4.